The molecule has 2 heterocycles. The van der Waals surface area contributed by atoms with Gasteiger partial charge in [0, 0.05) is 17.8 Å². The van der Waals surface area contributed by atoms with E-state index in [1.165, 1.54) is 23.2 Å². The normalized spacial score (nSPS) is 22.1. The van der Waals surface area contributed by atoms with Crippen LogP contribution in [0.3, 0.4) is 0 Å². The molecule has 2 unspecified atom stereocenters. The highest BCUT2D eigenvalue weighted by molar-refractivity contribution is 5.90. The number of nitrogens with zero attached hydrogens (tertiary/aromatic N) is 2. The molecule has 7 nitrogen and oxygen atoms in total. The van der Waals surface area contributed by atoms with Crippen LogP contribution in [0.1, 0.15) is 75.0 Å². The molecule has 2 aliphatic carbocycles. The average Bonchev–Trinajstić information content (AvgIpc) is 3.54. The van der Waals surface area contributed by atoms with Gasteiger partial charge in [0.05, 0.1) is 17.8 Å². The van der Waals surface area contributed by atoms with E-state index < -0.39 is 6.04 Å². The van der Waals surface area contributed by atoms with Gasteiger partial charge in [-0.3, -0.25) is 9.59 Å². The predicted octanol–water partition coefficient (Wildman–Crippen LogP) is 3.51. The zero-order valence-corrected chi connectivity index (χ0v) is 20.4. The van der Waals surface area contributed by atoms with E-state index in [1.807, 2.05) is 11.8 Å². The fraction of sp³-hybridized carbons (Fsp3) is 0.593. The van der Waals surface area contributed by atoms with Gasteiger partial charge in [0.2, 0.25) is 11.8 Å². The van der Waals surface area contributed by atoms with Gasteiger partial charge < -0.3 is 20.5 Å². The molecule has 0 radical (unpaired) electrons. The molecule has 1 saturated heterocycles. The monoisotopic (exact) mass is 463 g/mol. The Bertz CT molecular complexity index is 1040. The molecule has 2 fully saturated rings. The molecule has 182 valence electrons. The van der Waals surface area contributed by atoms with Gasteiger partial charge in [-0.15, -0.1) is 0 Å². The van der Waals surface area contributed by atoms with Gasteiger partial charge >= 0.3 is 0 Å². The van der Waals surface area contributed by atoms with E-state index in [0.29, 0.717) is 6.54 Å². The van der Waals surface area contributed by atoms with E-state index in [4.69, 9.17) is 4.98 Å². The SMILES string of the molecule is CNC(C)C(=O)N[C@H](C(=O)N1CCCC1c1nc2c([nH]1)CCc1ccccc1-2)C1CCCCC1. The molecule has 1 aromatic heterocycles. The molecule has 1 aliphatic heterocycles. The number of fused-ring (bicyclic) bond motifs is 3. The molecule has 2 aromatic rings. The van der Waals surface area contributed by atoms with Crippen molar-refractivity contribution in [1.82, 2.24) is 25.5 Å². The van der Waals surface area contributed by atoms with Crippen LogP contribution in [0.5, 0.6) is 0 Å². The Balaban J connectivity index is 1.40. The summed E-state index contributed by atoms with van der Waals surface area (Å²) in [7, 11) is 1.77. The number of carbonyl (C=O) groups excluding carboxylic acids is 2. The van der Waals surface area contributed by atoms with Gasteiger partial charge in [-0.2, -0.15) is 0 Å². The Hall–Kier alpha value is -2.67. The summed E-state index contributed by atoms with van der Waals surface area (Å²) in [6, 6.07) is 7.63. The molecule has 1 saturated carbocycles. The summed E-state index contributed by atoms with van der Waals surface area (Å²) >= 11 is 0. The average molecular weight is 464 g/mol. The number of imidazole rings is 1. The lowest BCUT2D eigenvalue weighted by Crippen LogP contribution is -2.55. The lowest BCUT2D eigenvalue weighted by Gasteiger charge is -2.35. The quantitative estimate of drug-likeness (QED) is 0.612. The summed E-state index contributed by atoms with van der Waals surface area (Å²) in [4.78, 5) is 37.4. The topological polar surface area (TPSA) is 90.1 Å². The largest absolute Gasteiger partial charge is 0.344 e. The van der Waals surface area contributed by atoms with E-state index in [9.17, 15) is 9.59 Å². The lowest BCUT2D eigenvalue weighted by atomic mass is 9.83. The summed E-state index contributed by atoms with van der Waals surface area (Å²) in [5, 5.41) is 6.12. The van der Waals surface area contributed by atoms with Crippen LogP contribution in [0.2, 0.25) is 0 Å². The number of aromatic amines is 1. The number of rotatable bonds is 6. The van der Waals surface area contributed by atoms with Crippen LogP contribution >= 0.6 is 0 Å². The third kappa shape index (κ3) is 4.38. The van der Waals surface area contributed by atoms with E-state index in [-0.39, 0.29) is 29.8 Å². The van der Waals surface area contributed by atoms with Gasteiger partial charge in [-0.05, 0) is 64.0 Å². The first kappa shape index (κ1) is 23.1. The summed E-state index contributed by atoms with van der Waals surface area (Å²) < 4.78 is 0. The first-order valence-electron chi connectivity index (χ1n) is 13.0. The van der Waals surface area contributed by atoms with Crippen LogP contribution < -0.4 is 10.6 Å². The summed E-state index contributed by atoms with van der Waals surface area (Å²) in [6.45, 7) is 2.55. The van der Waals surface area contributed by atoms with Crippen molar-refractivity contribution in [2.75, 3.05) is 13.6 Å². The fourth-order valence-electron chi connectivity index (χ4n) is 5.97. The van der Waals surface area contributed by atoms with Gasteiger partial charge in [-0.25, -0.2) is 4.98 Å². The molecule has 2 amide bonds. The van der Waals surface area contributed by atoms with Crippen LogP contribution in [0.15, 0.2) is 24.3 Å². The maximum Gasteiger partial charge on any atom is 0.246 e. The van der Waals surface area contributed by atoms with Crippen molar-refractivity contribution in [3.63, 3.8) is 0 Å². The highest BCUT2D eigenvalue weighted by Crippen LogP contribution is 2.38. The Morgan fingerprint density at radius 1 is 1.09 bits per heavy atom. The van der Waals surface area contributed by atoms with Crippen molar-refractivity contribution >= 4 is 11.8 Å². The number of hydrogen-bond acceptors (Lipinski definition) is 4. The van der Waals surface area contributed by atoms with Crippen molar-refractivity contribution in [1.29, 1.82) is 0 Å². The number of hydrogen-bond donors (Lipinski definition) is 3. The Labute approximate surface area is 202 Å². The number of nitrogens with one attached hydrogen (secondary N) is 3. The van der Waals surface area contributed by atoms with Crippen LogP contribution in [0.4, 0.5) is 0 Å². The second-order valence-electron chi connectivity index (χ2n) is 10.2. The minimum atomic E-state index is -0.463. The van der Waals surface area contributed by atoms with Crippen molar-refractivity contribution in [2.45, 2.75) is 82.8 Å². The van der Waals surface area contributed by atoms with Crippen molar-refractivity contribution in [3.8, 4) is 11.3 Å². The van der Waals surface area contributed by atoms with Gasteiger partial charge in [0.25, 0.3) is 0 Å². The first-order valence-corrected chi connectivity index (χ1v) is 13.0. The van der Waals surface area contributed by atoms with E-state index in [0.717, 1.165) is 62.9 Å². The fourth-order valence-corrected chi connectivity index (χ4v) is 5.97. The minimum Gasteiger partial charge on any atom is -0.344 e. The minimum absolute atomic E-state index is 0.0563. The van der Waals surface area contributed by atoms with E-state index in [2.05, 4.69) is 39.9 Å². The van der Waals surface area contributed by atoms with Crippen LogP contribution in [-0.4, -0.2) is 52.4 Å². The lowest BCUT2D eigenvalue weighted by molar-refractivity contribution is -0.139. The number of benzene rings is 1. The summed E-state index contributed by atoms with van der Waals surface area (Å²) in [5.41, 5.74) is 4.76. The molecule has 7 heteroatoms. The molecule has 34 heavy (non-hydrogen) atoms. The molecular weight excluding hydrogens is 426 g/mol. The number of carbonyl (C=O) groups is 2. The molecular formula is C27H37N5O2. The summed E-state index contributed by atoms with van der Waals surface area (Å²) in [6.07, 6.45) is 9.27. The van der Waals surface area contributed by atoms with Crippen LogP contribution in [0.25, 0.3) is 11.3 Å². The van der Waals surface area contributed by atoms with Gasteiger partial charge in [-0.1, -0.05) is 43.5 Å². The van der Waals surface area contributed by atoms with Gasteiger partial charge in [0.1, 0.15) is 11.9 Å². The Morgan fingerprint density at radius 2 is 1.88 bits per heavy atom. The third-order valence-corrected chi connectivity index (χ3v) is 8.08. The highest BCUT2D eigenvalue weighted by atomic mass is 16.2. The van der Waals surface area contributed by atoms with Gasteiger partial charge in [0.15, 0.2) is 0 Å². The number of likely N-dealkylation sites (N-methyl/N-ethyl adjacent to an activating group) is 1. The van der Waals surface area contributed by atoms with Crippen molar-refractivity contribution in [2.24, 2.45) is 5.92 Å². The molecule has 0 spiro atoms. The maximum absolute atomic E-state index is 14.0. The second kappa shape index (κ2) is 9.90. The highest BCUT2D eigenvalue weighted by Gasteiger charge is 2.40. The van der Waals surface area contributed by atoms with Crippen LogP contribution in [-0.2, 0) is 22.4 Å². The first-order chi connectivity index (χ1) is 16.6. The zero-order chi connectivity index (χ0) is 23.7. The molecule has 3 N–H and O–H groups in total. The third-order valence-electron chi connectivity index (χ3n) is 8.08. The standard InChI is InChI=1S/C27H37N5O2/c1-17(28-2)26(33)31-23(19-10-4-3-5-11-19)27(34)32-16-8-13-22(32)25-29-21-15-14-18-9-6-7-12-20(18)24(21)30-25/h6-7,9,12,17,19,22-23,28H,3-5,8,10-11,13-16H2,1-2H3,(H,29,30)(H,31,33)/t17?,22?,23-/m0/s1. The molecule has 3 atom stereocenters. The van der Waals surface area contributed by atoms with Crippen LogP contribution in [0, 0.1) is 5.92 Å². The zero-order valence-electron chi connectivity index (χ0n) is 20.4. The number of aromatic nitrogens is 2. The maximum atomic E-state index is 14.0. The molecule has 0 bridgehead atoms. The number of amides is 2. The second-order valence-corrected chi connectivity index (χ2v) is 10.2. The number of aryl methyl sites for hydroxylation is 2. The Kier molecular flexibility index (Phi) is 6.73. The smallest absolute Gasteiger partial charge is 0.246 e. The molecule has 3 aliphatic rings. The number of H-pyrrole nitrogens is 1. The number of likely N-dealkylation sites (tertiary alicyclic amines) is 1. The predicted molar refractivity (Wildman–Crippen MR) is 132 cm³/mol. The van der Waals surface area contributed by atoms with Crippen molar-refractivity contribution < 1.29 is 9.59 Å². The van der Waals surface area contributed by atoms with Crippen molar-refractivity contribution in [3.05, 3.63) is 41.3 Å². The molecule has 5 rings (SSSR count). The molecule has 1 aromatic carbocycles. The summed E-state index contributed by atoms with van der Waals surface area (Å²) in [5.74, 6) is 1.05. The van der Waals surface area contributed by atoms with E-state index >= 15 is 0 Å². The Morgan fingerprint density at radius 3 is 2.68 bits per heavy atom. The van der Waals surface area contributed by atoms with E-state index in [1.54, 1.807) is 7.05 Å².